The Hall–Kier alpha value is -2.41. The number of hydrogen-bond donors (Lipinski definition) is 2. The summed E-state index contributed by atoms with van der Waals surface area (Å²) in [5.41, 5.74) is 0.841. The highest BCUT2D eigenvalue weighted by Gasteiger charge is 2.35. The first-order valence-corrected chi connectivity index (χ1v) is 8.86. The maximum Gasteiger partial charge on any atom is 0.326 e. The van der Waals surface area contributed by atoms with Crippen molar-refractivity contribution in [2.45, 2.75) is 25.3 Å². The molecule has 7 nitrogen and oxygen atoms in total. The van der Waals surface area contributed by atoms with Gasteiger partial charge in [-0.1, -0.05) is 30.3 Å². The fourth-order valence-corrected chi connectivity index (χ4v) is 3.08. The van der Waals surface area contributed by atoms with Crippen LogP contribution >= 0.6 is 0 Å². The van der Waals surface area contributed by atoms with Crippen molar-refractivity contribution in [2.75, 3.05) is 33.7 Å². The zero-order chi connectivity index (χ0) is 19.1. The topological polar surface area (TPSA) is 89.9 Å². The van der Waals surface area contributed by atoms with E-state index in [9.17, 15) is 19.5 Å². The molecule has 1 aromatic rings. The standard InChI is InChI=1S/C19H27N3O4/c1-21(2)9-6-10-22-13-15(12-17(22)23)18(24)20-16(19(25)26)11-14-7-4-3-5-8-14/h3-5,7-8,15-16H,6,9-13H2,1-2H3,(H,20,24)(H,25,26). The number of carbonyl (C=O) groups excluding carboxylic acids is 2. The average Bonchev–Trinajstić information content (AvgIpc) is 2.96. The lowest BCUT2D eigenvalue weighted by molar-refractivity contribution is -0.142. The minimum absolute atomic E-state index is 0.0427. The maximum absolute atomic E-state index is 12.5. The van der Waals surface area contributed by atoms with Gasteiger partial charge >= 0.3 is 5.97 Å². The summed E-state index contributed by atoms with van der Waals surface area (Å²) >= 11 is 0. The van der Waals surface area contributed by atoms with Crippen molar-refractivity contribution >= 4 is 17.8 Å². The molecule has 0 aromatic heterocycles. The number of hydrogen-bond acceptors (Lipinski definition) is 4. The third kappa shape index (κ3) is 5.84. The summed E-state index contributed by atoms with van der Waals surface area (Å²) in [7, 11) is 3.95. The maximum atomic E-state index is 12.5. The summed E-state index contributed by atoms with van der Waals surface area (Å²) in [5.74, 6) is -1.97. The predicted molar refractivity (Wildman–Crippen MR) is 97.6 cm³/mol. The fourth-order valence-electron chi connectivity index (χ4n) is 3.08. The van der Waals surface area contributed by atoms with Gasteiger partial charge in [-0.05, 0) is 32.6 Å². The van der Waals surface area contributed by atoms with Crippen LogP contribution in [0.3, 0.4) is 0 Å². The molecule has 7 heteroatoms. The van der Waals surface area contributed by atoms with Crippen molar-refractivity contribution in [1.29, 1.82) is 0 Å². The Morgan fingerprint density at radius 2 is 2.00 bits per heavy atom. The van der Waals surface area contributed by atoms with Gasteiger partial charge in [0.2, 0.25) is 11.8 Å². The summed E-state index contributed by atoms with van der Waals surface area (Å²) in [6.07, 6.45) is 1.21. The van der Waals surface area contributed by atoms with Gasteiger partial charge in [-0.2, -0.15) is 0 Å². The Morgan fingerprint density at radius 3 is 2.62 bits per heavy atom. The van der Waals surface area contributed by atoms with Crippen molar-refractivity contribution in [1.82, 2.24) is 15.1 Å². The van der Waals surface area contributed by atoms with E-state index in [-0.39, 0.29) is 24.7 Å². The van der Waals surface area contributed by atoms with E-state index < -0.39 is 17.9 Å². The molecule has 1 saturated heterocycles. The number of aliphatic carboxylic acids is 1. The molecule has 2 N–H and O–H groups in total. The molecular formula is C19H27N3O4. The monoisotopic (exact) mass is 361 g/mol. The first kappa shape index (κ1) is 19.9. The zero-order valence-electron chi connectivity index (χ0n) is 15.4. The molecule has 1 heterocycles. The van der Waals surface area contributed by atoms with E-state index >= 15 is 0 Å². The van der Waals surface area contributed by atoms with Crippen LogP contribution in [0.15, 0.2) is 30.3 Å². The number of carboxylic acids is 1. The lowest BCUT2D eigenvalue weighted by Crippen LogP contribution is -2.45. The van der Waals surface area contributed by atoms with Crippen molar-refractivity contribution < 1.29 is 19.5 Å². The van der Waals surface area contributed by atoms with E-state index in [1.807, 2.05) is 49.3 Å². The number of amides is 2. The molecule has 2 atom stereocenters. The number of likely N-dealkylation sites (tertiary alicyclic amines) is 1. The Kier molecular flexibility index (Phi) is 7.15. The predicted octanol–water partition coefficient (Wildman–Crippen LogP) is 0.599. The molecule has 1 aliphatic rings. The molecule has 1 aromatic carbocycles. The number of nitrogens with zero attached hydrogens (tertiary/aromatic N) is 2. The molecule has 142 valence electrons. The summed E-state index contributed by atoms with van der Waals surface area (Å²) < 4.78 is 0. The van der Waals surface area contributed by atoms with Gasteiger partial charge in [0.25, 0.3) is 0 Å². The van der Waals surface area contributed by atoms with E-state index in [4.69, 9.17) is 0 Å². The van der Waals surface area contributed by atoms with Crippen LogP contribution in [-0.2, 0) is 20.8 Å². The third-order valence-electron chi connectivity index (χ3n) is 4.52. The van der Waals surface area contributed by atoms with Crippen LogP contribution in [0.1, 0.15) is 18.4 Å². The quantitative estimate of drug-likeness (QED) is 0.672. The van der Waals surface area contributed by atoms with Crippen LogP contribution < -0.4 is 5.32 Å². The Bertz CT molecular complexity index is 633. The third-order valence-corrected chi connectivity index (χ3v) is 4.52. The number of benzene rings is 1. The van der Waals surface area contributed by atoms with Gasteiger partial charge in [-0.3, -0.25) is 9.59 Å². The molecule has 0 radical (unpaired) electrons. The minimum atomic E-state index is -1.07. The Balaban J connectivity index is 1.89. The van der Waals surface area contributed by atoms with Gasteiger partial charge in [-0.15, -0.1) is 0 Å². The molecule has 0 saturated carbocycles. The molecule has 1 fully saturated rings. The van der Waals surface area contributed by atoms with Crippen molar-refractivity contribution in [2.24, 2.45) is 5.92 Å². The van der Waals surface area contributed by atoms with E-state index in [0.717, 1.165) is 18.5 Å². The summed E-state index contributed by atoms with van der Waals surface area (Å²) in [4.78, 5) is 39.8. The largest absolute Gasteiger partial charge is 0.480 e. The van der Waals surface area contributed by atoms with Gasteiger partial charge in [0.1, 0.15) is 6.04 Å². The first-order valence-electron chi connectivity index (χ1n) is 8.86. The molecule has 0 bridgehead atoms. The molecular weight excluding hydrogens is 334 g/mol. The highest BCUT2D eigenvalue weighted by Crippen LogP contribution is 2.18. The smallest absolute Gasteiger partial charge is 0.326 e. The van der Waals surface area contributed by atoms with Gasteiger partial charge < -0.3 is 20.2 Å². The van der Waals surface area contributed by atoms with Gasteiger partial charge in [0, 0.05) is 25.9 Å². The first-order chi connectivity index (χ1) is 12.4. The SMILES string of the molecule is CN(C)CCCN1CC(C(=O)NC(Cc2ccccc2)C(=O)O)CC1=O. The molecule has 2 rings (SSSR count). The number of nitrogens with one attached hydrogen (secondary N) is 1. The van der Waals surface area contributed by atoms with Crippen LogP contribution in [0.2, 0.25) is 0 Å². The van der Waals surface area contributed by atoms with Crippen LogP contribution in [0, 0.1) is 5.92 Å². The van der Waals surface area contributed by atoms with Crippen LogP contribution in [0.4, 0.5) is 0 Å². The van der Waals surface area contributed by atoms with Gasteiger partial charge in [-0.25, -0.2) is 4.79 Å². The second-order valence-corrected chi connectivity index (χ2v) is 6.99. The molecule has 2 amide bonds. The fraction of sp³-hybridized carbons (Fsp3) is 0.526. The number of carbonyl (C=O) groups is 3. The van der Waals surface area contributed by atoms with Gasteiger partial charge in [0.05, 0.1) is 5.92 Å². The minimum Gasteiger partial charge on any atom is -0.480 e. The molecule has 0 spiro atoms. The lowest BCUT2D eigenvalue weighted by Gasteiger charge is -2.19. The van der Waals surface area contributed by atoms with E-state index in [1.54, 1.807) is 4.90 Å². The normalized spacial score (nSPS) is 18.2. The highest BCUT2D eigenvalue weighted by atomic mass is 16.4. The van der Waals surface area contributed by atoms with Crippen LogP contribution in [0.5, 0.6) is 0 Å². The molecule has 26 heavy (non-hydrogen) atoms. The van der Waals surface area contributed by atoms with E-state index in [0.29, 0.717) is 13.1 Å². The Labute approximate surface area is 154 Å². The second kappa shape index (κ2) is 9.33. The lowest BCUT2D eigenvalue weighted by atomic mass is 10.0. The van der Waals surface area contributed by atoms with Crippen molar-refractivity contribution in [3.8, 4) is 0 Å². The second-order valence-electron chi connectivity index (χ2n) is 6.99. The van der Waals surface area contributed by atoms with Gasteiger partial charge in [0.15, 0.2) is 0 Å². The average molecular weight is 361 g/mol. The van der Waals surface area contributed by atoms with Crippen LogP contribution in [-0.4, -0.2) is 72.5 Å². The summed E-state index contributed by atoms with van der Waals surface area (Å²) in [6.45, 7) is 1.85. The van der Waals surface area contributed by atoms with Crippen molar-refractivity contribution in [3.05, 3.63) is 35.9 Å². The number of rotatable bonds is 9. The van der Waals surface area contributed by atoms with Crippen molar-refractivity contribution in [3.63, 3.8) is 0 Å². The molecule has 2 unspecified atom stereocenters. The molecule has 1 aliphatic heterocycles. The highest BCUT2D eigenvalue weighted by molar-refractivity contribution is 5.91. The number of carboxylic acid groups (broad SMARTS) is 1. The summed E-state index contributed by atoms with van der Waals surface area (Å²) in [6, 6.07) is 8.17. The van der Waals surface area contributed by atoms with E-state index in [1.165, 1.54) is 0 Å². The molecule has 0 aliphatic carbocycles. The summed E-state index contributed by atoms with van der Waals surface area (Å²) in [5, 5.41) is 12.0. The zero-order valence-corrected chi connectivity index (χ0v) is 15.4. The van der Waals surface area contributed by atoms with E-state index in [2.05, 4.69) is 5.32 Å². The van der Waals surface area contributed by atoms with Crippen LogP contribution in [0.25, 0.3) is 0 Å². The Morgan fingerprint density at radius 1 is 1.31 bits per heavy atom.